The Bertz CT molecular complexity index is 464. The zero-order chi connectivity index (χ0) is 11.4. The van der Waals surface area contributed by atoms with Crippen molar-refractivity contribution >= 4 is 5.65 Å². The molecular formula is C12H17N3O. The van der Waals surface area contributed by atoms with Gasteiger partial charge < -0.3 is 14.9 Å². The fourth-order valence-corrected chi connectivity index (χ4v) is 1.80. The first-order valence-electron chi connectivity index (χ1n) is 5.49. The van der Waals surface area contributed by atoms with Crippen molar-refractivity contribution in [1.82, 2.24) is 9.38 Å². The van der Waals surface area contributed by atoms with E-state index in [2.05, 4.69) is 11.2 Å². The highest BCUT2D eigenvalue weighted by Gasteiger charge is 2.04. The Morgan fingerprint density at radius 3 is 3.12 bits per heavy atom. The summed E-state index contributed by atoms with van der Waals surface area (Å²) in [5, 5.41) is 0. The second-order valence-corrected chi connectivity index (χ2v) is 3.80. The highest BCUT2D eigenvalue weighted by Crippen LogP contribution is 2.11. The van der Waals surface area contributed by atoms with Crippen LogP contribution >= 0.6 is 0 Å². The van der Waals surface area contributed by atoms with E-state index < -0.39 is 0 Å². The zero-order valence-corrected chi connectivity index (χ0v) is 9.52. The molecule has 2 aromatic heterocycles. The van der Waals surface area contributed by atoms with Crippen LogP contribution < -0.4 is 5.73 Å². The quantitative estimate of drug-likeness (QED) is 0.773. The molecule has 0 amide bonds. The zero-order valence-electron chi connectivity index (χ0n) is 9.52. The van der Waals surface area contributed by atoms with Gasteiger partial charge in [-0.2, -0.15) is 0 Å². The van der Waals surface area contributed by atoms with Gasteiger partial charge in [-0.15, -0.1) is 0 Å². The molecule has 0 radical (unpaired) electrons. The summed E-state index contributed by atoms with van der Waals surface area (Å²) in [6, 6.07) is 4.01. The lowest BCUT2D eigenvalue weighted by Gasteiger charge is -1.98. The molecule has 4 heteroatoms. The van der Waals surface area contributed by atoms with E-state index in [4.69, 9.17) is 10.5 Å². The number of nitrogens with two attached hydrogens (primary N) is 1. The largest absolute Gasteiger partial charge is 0.385 e. The first-order chi connectivity index (χ1) is 7.85. The van der Waals surface area contributed by atoms with Crippen molar-refractivity contribution < 1.29 is 4.74 Å². The topological polar surface area (TPSA) is 52.5 Å². The minimum Gasteiger partial charge on any atom is -0.385 e. The number of methoxy groups -OCH3 is 1. The SMILES string of the molecule is COCCCc1cn2cccc(CN)c2n1. The van der Waals surface area contributed by atoms with E-state index >= 15 is 0 Å². The Labute approximate surface area is 95.0 Å². The molecule has 0 aliphatic heterocycles. The lowest BCUT2D eigenvalue weighted by molar-refractivity contribution is 0.195. The van der Waals surface area contributed by atoms with Crippen LogP contribution in [0.1, 0.15) is 17.7 Å². The van der Waals surface area contributed by atoms with Gasteiger partial charge in [-0.05, 0) is 18.9 Å². The number of nitrogens with zero attached hydrogens (tertiary/aromatic N) is 2. The fraction of sp³-hybridized carbons (Fsp3) is 0.417. The number of imidazole rings is 1. The second kappa shape index (κ2) is 5.09. The maximum Gasteiger partial charge on any atom is 0.141 e. The second-order valence-electron chi connectivity index (χ2n) is 3.80. The van der Waals surface area contributed by atoms with Crippen molar-refractivity contribution in [3.63, 3.8) is 0 Å². The van der Waals surface area contributed by atoms with Gasteiger partial charge in [0.2, 0.25) is 0 Å². The number of aromatic nitrogens is 2. The van der Waals surface area contributed by atoms with E-state index in [0.717, 1.165) is 36.4 Å². The third-order valence-corrected chi connectivity index (χ3v) is 2.61. The molecule has 0 bridgehead atoms. The normalized spacial score (nSPS) is 11.1. The Hall–Kier alpha value is -1.39. The Morgan fingerprint density at radius 2 is 2.38 bits per heavy atom. The Morgan fingerprint density at radius 1 is 1.50 bits per heavy atom. The van der Waals surface area contributed by atoms with Crippen molar-refractivity contribution in [1.29, 1.82) is 0 Å². The average Bonchev–Trinajstić information content (AvgIpc) is 2.71. The van der Waals surface area contributed by atoms with Crippen molar-refractivity contribution in [3.05, 3.63) is 35.8 Å². The highest BCUT2D eigenvalue weighted by molar-refractivity contribution is 5.48. The molecule has 2 aromatic rings. The maximum absolute atomic E-state index is 5.67. The average molecular weight is 219 g/mol. The standard InChI is InChI=1S/C12H17N3O/c1-16-7-3-5-11-9-15-6-2-4-10(8-13)12(15)14-11/h2,4,6,9H,3,5,7-8,13H2,1H3. The summed E-state index contributed by atoms with van der Waals surface area (Å²) in [5.41, 5.74) is 8.82. The summed E-state index contributed by atoms with van der Waals surface area (Å²) in [6.45, 7) is 1.30. The van der Waals surface area contributed by atoms with Crippen LogP contribution in [0.25, 0.3) is 5.65 Å². The molecule has 2 N–H and O–H groups in total. The number of ether oxygens (including phenoxy) is 1. The monoisotopic (exact) mass is 219 g/mol. The molecule has 0 unspecified atom stereocenters. The van der Waals surface area contributed by atoms with Gasteiger partial charge in [0.15, 0.2) is 0 Å². The van der Waals surface area contributed by atoms with Crippen LogP contribution in [-0.2, 0) is 17.7 Å². The molecule has 2 heterocycles. The van der Waals surface area contributed by atoms with Gasteiger partial charge in [0.05, 0.1) is 5.69 Å². The van der Waals surface area contributed by atoms with Crippen LogP contribution in [0.3, 0.4) is 0 Å². The summed E-state index contributed by atoms with van der Waals surface area (Å²) in [6.07, 6.45) is 6.00. The lowest BCUT2D eigenvalue weighted by Crippen LogP contribution is -1.99. The van der Waals surface area contributed by atoms with Crippen molar-refractivity contribution in [2.45, 2.75) is 19.4 Å². The molecule has 4 nitrogen and oxygen atoms in total. The van der Waals surface area contributed by atoms with E-state index in [-0.39, 0.29) is 0 Å². The summed E-state index contributed by atoms with van der Waals surface area (Å²) in [5.74, 6) is 0. The molecule has 0 saturated carbocycles. The first-order valence-corrected chi connectivity index (χ1v) is 5.49. The van der Waals surface area contributed by atoms with Crippen LogP contribution in [0.15, 0.2) is 24.5 Å². The minimum absolute atomic E-state index is 0.527. The van der Waals surface area contributed by atoms with Crippen LogP contribution in [-0.4, -0.2) is 23.1 Å². The molecule has 2 rings (SSSR count). The molecule has 0 fully saturated rings. The summed E-state index contributed by atoms with van der Waals surface area (Å²) in [7, 11) is 1.72. The van der Waals surface area contributed by atoms with Gasteiger partial charge in [-0.25, -0.2) is 4.98 Å². The molecule has 0 aliphatic carbocycles. The van der Waals surface area contributed by atoms with E-state index in [1.165, 1.54) is 0 Å². The maximum atomic E-state index is 5.67. The fourth-order valence-electron chi connectivity index (χ4n) is 1.80. The Kier molecular flexibility index (Phi) is 3.54. The van der Waals surface area contributed by atoms with Gasteiger partial charge in [0.25, 0.3) is 0 Å². The van der Waals surface area contributed by atoms with Gasteiger partial charge >= 0.3 is 0 Å². The highest BCUT2D eigenvalue weighted by atomic mass is 16.5. The predicted octanol–water partition coefficient (Wildman–Crippen LogP) is 1.37. The van der Waals surface area contributed by atoms with Gasteiger partial charge in [0.1, 0.15) is 5.65 Å². The van der Waals surface area contributed by atoms with Crippen LogP contribution in [0.5, 0.6) is 0 Å². The molecule has 0 aromatic carbocycles. The molecule has 0 saturated heterocycles. The number of pyridine rings is 1. The van der Waals surface area contributed by atoms with Crippen LogP contribution in [0.4, 0.5) is 0 Å². The van der Waals surface area contributed by atoms with E-state index in [1.54, 1.807) is 7.11 Å². The predicted molar refractivity (Wildman–Crippen MR) is 63.3 cm³/mol. The number of fused-ring (bicyclic) bond motifs is 1. The third kappa shape index (κ3) is 2.23. The van der Waals surface area contributed by atoms with E-state index in [1.807, 2.05) is 22.7 Å². The lowest BCUT2D eigenvalue weighted by atomic mass is 10.2. The van der Waals surface area contributed by atoms with Crippen molar-refractivity contribution in [3.8, 4) is 0 Å². The number of hydrogen-bond donors (Lipinski definition) is 1. The molecular weight excluding hydrogens is 202 g/mol. The van der Waals surface area contributed by atoms with Crippen LogP contribution in [0.2, 0.25) is 0 Å². The first kappa shape index (κ1) is 11.1. The number of rotatable bonds is 5. The van der Waals surface area contributed by atoms with Crippen LogP contribution in [0, 0.1) is 0 Å². The molecule has 16 heavy (non-hydrogen) atoms. The Balaban J connectivity index is 2.22. The summed E-state index contributed by atoms with van der Waals surface area (Å²) in [4.78, 5) is 4.58. The number of aryl methyl sites for hydroxylation is 1. The van der Waals surface area contributed by atoms with Gasteiger partial charge in [-0.1, -0.05) is 6.07 Å². The summed E-state index contributed by atoms with van der Waals surface area (Å²) >= 11 is 0. The number of hydrogen-bond acceptors (Lipinski definition) is 3. The van der Waals surface area contributed by atoms with Gasteiger partial charge in [0, 0.05) is 38.2 Å². The third-order valence-electron chi connectivity index (χ3n) is 2.61. The van der Waals surface area contributed by atoms with Crippen molar-refractivity contribution in [2.24, 2.45) is 5.73 Å². The molecule has 0 atom stereocenters. The minimum atomic E-state index is 0.527. The molecule has 0 spiro atoms. The van der Waals surface area contributed by atoms with Gasteiger partial charge in [-0.3, -0.25) is 0 Å². The molecule has 0 aliphatic rings. The van der Waals surface area contributed by atoms with E-state index in [9.17, 15) is 0 Å². The van der Waals surface area contributed by atoms with E-state index in [0.29, 0.717) is 6.54 Å². The summed E-state index contributed by atoms with van der Waals surface area (Å²) < 4.78 is 7.06. The van der Waals surface area contributed by atoms with Crippen molar-refractivity contribution in [2.75, 3.05) is 13.7 Å². The molecule has 86 valence electrons. The smallest absolute Gasteiger partial charge is 0.141 e.